The summed E-state index contributed by atoms with van der Waals surface area (Å²) in [6, 6.07) is 1.52. The van der Waals surface area contributed by atoms with Crippen LogP contribution in [0.2, 0.25) is 0 Å². The SMILES string of the molecule is CCN(C)c1cnn(CC(N)=S)c(=O)c1. The molecule has 0 fully saturated rings. The Hall–Kier alpha value is -1.43. The van der Waals surface area contributed by atoms with Gasteiger partial charge in [0.1, 0.15) is 0 Å². The fraction of sp³-hybridized carbons (Fsp3) is 0.444. The minimum Gasteiger partial charge on any atom is -0.392 e. The lowest BCUT2D eigenvalue weighted by atomic mass is 10.4. The van der Waals surface area contributed by atoms with Crippen LogP contribution in [-0.2, 0) is 6.54 Å². The van der Waals surface area contributed by atoms with Gasteiger partial charge in [-0.25, -0.2) is 4.68 Å². The Bertz CT molecular complexity index is 415. The van der Waals surface area contributed by atoms with Crippen molar-refractivity contribution in [3.63, 3.8) is 0 Å². The van der Waals surface area contributed by atoms with Crippen LogP contribution in [0.15, 0.2) is 17.1 Å². The Morgan fingerprint density at radius 2 is 2.40 bits per heavy atom. The standard InChI is InChI=1S/C9H14N4OS/c1-3-12(2)7-4-9(14)13(11-5-7)6-8(10)15/h4-5H,3,6H2,1-2H3,(H2,10,15). The Kier molecular flexibility index (Phi) is 3.79. The molecule has 0 bridgehead atoms. The van der Waals surface area contributed by atoms with Gasteiger partial charge >= 0.3 is 0 Å². The van der Waals surface area contributed by atoms with Gasteiger partial charge in [0, 0.05) is 19.7 Å². The lowest BCUT2D eigenvalue weighted by Gasteiger charge is -2.16. The van der Waals surface area contributed by atoms with Crippen molar-refractivity contribution in [1.82, 2.24) is 9.78 Å². The number of rotatable bonds is 4. The Labute approximate surface area is 93.5 Å². The van der Waals surface area contributed by atoms with E-state index < -0.39 is 0 Å². The summed E-state index contributed by atoms with van der Waals surface area (Å²) in [6.45, 7) is 3.01. The number of nitrogens with two attached hydrogens (primary N) is 1. The Morgan fingerprint density at radius 1 is 1.73 bits per heavy atom. The van der Waals surface area contributed by atoms with Gasteiger partial charge in [0.25, 0.3) is 5.56 Å². The van der Waals surface area contributed by atoms with Crippen molar-refractivity contribution in [2.45, 2.75) is 13.5 Å². The molecule has 0 aliphatic heterocycles. The molecule has 0 aromatic carbocycles. The molecule has 0 atom stereocenters. The van der Waals surface area contributed by atoms with E-state index in [-0.39, 0.29) is 17.1 Å². The summed E-state index contributed by atoms with van der Waals surface area (Å²) in [6.07, 6.45) is 1.63. The van der Waals surface area contributed by atoms with Gasteiger partial charge in [-0.2, -0.15) is 5.10 Å². The van der Waals surface area contributed by atoms with Crippen molar-refractivity contribution in [3.05, 3.63) is 22.6 Å². The first-order chi connectivity index (χ1) is 7.04. The summed E-state index contributed by atoms with van der Waals surface area (Å²) in [7, 11) is 1.90. The highest BCUT2D eigenvalue weighted by molar-refractivity contribution is 7.80. The summed E-state index contributed by atoms with van der Waals surface area (Å²) in [5, 5.41) is 3.98. The third-order valence-electron chi connectivity index (χ3n) is 2.08. The molecule has 1 aromatic rings. The number of hydrogen-bond donors (Lipinski definition) is 1. The molecule has 1 aromatic heterocycles. The molecule has 0 saturated heterocycles. The molecule has 15 heavy (non-hydrogen) atoms. The summed E-state index contributed by atoms with van der Waals surface area (Å²) < 4.78 is 1.25. The van der Waals surface area contributed by atoms with Gasteiger partial charge in [-0.3, -0.25) is 4.79 Å². The first kappa shape index (κ1) is 11.6. The molecule has 82 valence electrons. The van der Waals surface area contributed by atoms with Crippen molar-refractivity contribution in [2.24, 2.45) is 5.73 Å². The van der Waals surface area contributed by atoms with Crippen LogP contribution in [0, 0.1) is 0 Å². The van der Waals surface area contributed by atoms with Crippen molar-refractivity contribution in [3.8, 4) is 0 Å². The van der Waals surface area contributed by atoms with E-state index in [1.54, 1.807) is 6.20 Å². The van der Waals surface area contributed by atoms with Crippen LogP contribution < -0.4 is 16.2 Å². The predicted molar refractivity (Wildman–Crippen MR) is 64.2 cm³/mol. The quantitative estimate of drug-likeness (QED) is 0.731. The predicted octanol–water partition coefficient (Wildman–Crippen LogP) is -0.0145. The van der Waals surface area contributed by atoms with Crippen LogP contribution >= 0.6 is 12.2 Å². The van der Waals surface area contributed by atoms with Gasteiger partial charge in [-0.05, 0) is 6.92 Å². The second kappa shape index (κ2) is 4.88. The maximum absolute atomic E-state index is 11.6. The second-order valence-corrected chi connectivity index (χ2v) is 3.71. The summed E-state index contributed by atoms with van der Waals surface area (Å²) >= 11 is 4.71. The number of nitrogens with zero attached hydrogens (tertiary/aromatic N) is 3. The van der Waals surface area contributed by atoms with Crippen molar-refractivity contribution in [2.75, 3.05) is 18.5 Å². The molecular formula is C9H14N4OS. The smallest absolute Gasteiger partial charge is 0.269 e. The maximum Gasteiger partial charge on any atom is 0.269 e. The van der Waals surface area contributed by atoms with E-state index >= 15 is 0 Å². The zero-order chi connectivity index (χ0) is 11.4. The summed E-state index contributed by atoms with van der Waals surface area (Å²) in [5.41, 5.74) is 5.94. The van der Waals surface area contributed by atoms with Crippen LogP contribution in [0.25, 0.3) is 0 Å². The maximum atomic E-state index is 11.6. The van der Waals surface area contributed by atoms with Gasteiger partial charge in [0.15, 0.2) is 0 Å². The molecule has 1 rings (SSSR count). The molecule has 0 unspecified atom stereocenters. The van der Waals surface area contributed by atoms with Crippen molar-refractivity contribution < 1.29 is 0 Å². The summed E-state index contributed by atoms with van der Waals surface area (Å²) in [4.78, 5) is 13.7. The van der Waals surface area contributed by atoms with Gasteiger partial charge in [0.05, 0.1) is 23.4 Å². The molecule has 0 radical (unpaired) electrons. The van der Waals surface area contributed by atoms with E-state index in [0.717, 1.165) is 12.2 Å². The second-order valence-electron chi connectivity index (χ2n) is 3.19. The highest BCUT2D eigenvalue weighted by atomic mass is 32.1. The zero-order valence-electron chi connectivity index (χ0n) is 8.80. The van der Waals surface area contributed by atoms with E-state index in [4.69, 9.17) is 18.0 Å². The molecule has 5 nitrogen and oxygen atoms in total. The van der Waals surface area contributed by atoms with E-state index in [1.165, 1.54) is 10.7 Å². The summed E-state index contributed by atoms with van der Waals surface area (Å²) in [5.74, 6) is 0. The largest absolute Gasteiger partial charge is 0.392 e. The molecular weight excluding hydrogens is 212 g/mol. The molecule has 2 N–H and O–H groups in total. The number of hydrogen-bond acceptors (Lipinski definition) is 4. The fourth-order valence-electron chi connectivity index (χ4n) is 1.08. The minimum absolute atomic E-state index is 0.185. The highest BCUT2D eigenvalue weighted by Gasteiger charge is 2.03. The van der Waals surface area contributed by atoms with Gasteiger partial charge < -0.3 is 10.6 Å². The topological polar surface area (TPSA) is 64.2 Å². The average Bonchev–Trinajstić information content (AvgIpc) is 2.19. The van der Waals surface area contributed by atoms with Crippen LogP contribution in [0.3, 0.4) is 0 Å². The lowest BCUT2D eigenvalue weighted by molar-refractivity contribution is 0.670. The van der Waals surface area contributed by atoms with E-state index in [1.807, 2.05) is 18.9 Å². The number of anilines is 1. The average molecular weight is 226 g/mol. The first-order valence-corrected chi connectivity index (χ1v) is 5.02. The van der Waals surface area contributed by atoms with Gasteiger partial charge in [-0.15, -0.1) is 0 Å². The Morgan fingerprint density at radius 3 is 2.87 bits per heavy atom. The van der Waals surface area contributed by atoms with Crippen LogP contribution in [0.1, 0.15) is 6.92 Å². The minimum atomic E-state index is -0.194. The van der Waals surface area contributed by atoms with Crippen LogP contribution in [-0.4, -0.2) is 28.4 Å². The van der Waals surface area contributed by atoms with Crippen LogP contribution in [0.4, 0.5) is 5.69 Å². The molecule has 0 aliphatic rings. The van der Waals surface area contributed by atoms with E-state index in [9.17, 15) is 4.79 Å². The third kappa shape index (κ3) is 3.02. The number of aromatic nitrogens is 2. The molecule has 0 saturated carbocycles. The molecule has 6 heteroatoms. The third-order valence-corrected chi connectivity index (χ3v) is 2.20. The fourth-order valence-corrected chi connectivity index (χ4v) is 1.20. The highest BCUT2D eigenvalue weighted by Crippen LogP contribution is 2.05. The van der Waals surface area contributed by atoms with Crippen molar-refractivity contribution in [1.29, 1.82) is 0 Å². The molecule has 0 amide bonds. The lowest BCUT2D eigenvalue weighted by Crippen LogP contribution is -2.30. The zero-order valence-corrected chi connectivity index (χ0v) is 9.62. The monoisotopic (exact) mass is 226 g/mol. The normalized spacial score (nSPS) is 10.0. The first-order valence-electron chi connectivity index (χ1n) is 4.61. The van der Waals surface area contributed by atoms with Gasteiger partial charge in [-0.1, -0.05) is 12.2 Å². The van der Waals surface area contributed by atoms with Gasteiger partial charge in [0.2, 0.25) is 0 Å². The molecule has 0 spiro atoms. The number of thiocarbonyl (C=S) groups is 1. The van der Waals surface area contributed by atoms with E-state index in [2.05, 4.69) is 5.10 Å². The Balaban J connectivity index is 2.98. The molecule has 1 heterocycles. The van der Waals surface area contributed by atoms with Crippen LogP contribution in [0.5, 0.6) is 0 Å². The van der Waals surface area contributed by atoms with Crippen molar-refractivity contribution >= 4 is 22.9 Å². The molecule has 0 aliphatic carbocycles. The van der Waals surface area contributed by atoms with E-state index in [0.29, 0.717) is 0 Å².